The molecule has 17 heavy (non-hydrogen) atoms. The zero-order valence-electron chi connectivity index (χ0n) is 10.00. The second kappa shape index (κ2) is 6.61. The number of halogens is 1. The van der Waals surface area contributed by atoms with Crippen molar-refractivity contribution in [3.8, 4) is 5.75 Å². The molecule has 0 aliphatic carbocycles. The minimum Gasteiger partial charge on any atom is -0.483 e. The molecule has 0 saturated carbocycles. The smallest absolute Gasteiger partial charge is 0.257 e. The normalized spacial score (nSPS) is 12.0. The summed E-state index contributed by atoms with van der Waals surface area (Å²) >= 11 is 3.40. The molecule has 1 amide bonds. The molecule has 1 rings (SSSR count). The monoisotopic (exact) mass is 300 g/mol. The molecule has 0 aliphatic rings. The third kappa shape index (κ3) is 4.75. The molecule has 0 bridgehead atoms. The predicted molar refractivity (Wildman–Crippen MR) is 71.1 cm³/mol. The van der Waals surface area contributed by atoms with Crippen LogP contribution < -0.4 is 15.8 Å². The van der Waals surface area contributed by atoms with Crippen molar-refractivity contribution in [1.82, 2.24) is 5.32 Å². The first-order valence-corrected chi connectivity index (χ1v) is 6.19. The van der Waals surface area contributed by atoms with Gasteiger partial charge < -0.3 is 15.8 Å². The number of rotatable bonds is 5. The molecule has 1 atom stereocenters. The zero-order valence-corrected chi connectivity index (χ0v) is 11.6. The average molecular weight is 301 g/mol. The predicted octanol–water partition coefficient (Wildman–Crippen LogP) is 1.46. The molecule has 0 aliphatic heterocycles. The Morgan fingerprint density at radius 3 is 2.88 bits per heavy atom. The van der Waals surface area contributed by atoms with E-state index in [0.29, 0.717) is 12.2 Å². The fourth-order valence-electron chi connectivity index (χ4n) is 1.41. The van der Waals surface area contributed by atoms with Crippen molar-refractivity contribution < 1.29 is 9.53 Å². The molecule has 4 nitrogen and oxygen atoms in total. The highest BCUT2D eigenvalue weighted by atomic mass is 79.9. The third-order valence-electron chi connectivity index (χ3n) is 2.20. The zero-order chi connectivity index (χ0) is 12.8. The molecule has 0 radical (unpaired) electrons. The lowest BCUT2D eigenvalue weighted by Gasteiger charge is -2.13. The molecule has 3 N–H and O–H groups in total. The van der Waals surface area contributed by atoms with Crippen molar-refractivity contribution in [3.05, 3.63) is 28.2 Å². The van der Waals surface area contributed by atoms with E-state index in [1.165, 1.54) is 0 Å². The Kier molecular flexibility index (Phi) is 5.44. The summed E-state index contributed by atoms with van der Waals surface area (Å²) < 4.78 is 6.43. The number of benzene rings is 1. The van der Waals surface area contributed by atoms with Crippen LogP contribution in [0, 0.1) is 0 Å². The van der Waals surface area contributed by atoms with Crippen molar-refractivity contribution in [2.45, 2.75) is 19.4 Å². The SMILES string of the molecule is CNC(=O)COc1ccc(Br)cc1CC(C)N. The van der Waals surface area contributed by atoms with Gasteiger partial charge in [-0.1, -0.05) is 15.9 Å². The molecule has 0 fully saturated rings. The van der Waals surface area contributed by atoms with Gasteiger partial charge in [-0.2, -0.15) is 0 Å². The summed E-state index contributed by atoms with van der Waals surface area (Å²) in [5, 5.41) is 2.51. The minimum absolute atomic E-state index is 0.0179. The van der Waals surface area contributed by atoms with Crippen LogP contribution in [0.1, 0.15) is 12.5 Å². The Bertz CT molecular complexity index is 394. The highest BCUT2D eigenvalue weighted by Gasteiger charge is 2.08. The van der Waals surface area contributed by atoms with Crippen molar-refractivity contribution in [2.75, 3.05) is 13.7 Å². The standard InChI is InChI=1S/C12H17BrN2O2/c1-8(14)5-9-6-10(13)3-4-11(9)17-7-12(16)15-2/h3-4,6,8H,5,7,14H2,1-2H3,(H,15,16). The number of amides is 1. The highest BCUT2D eigenvalue weighted by Crippen LogP contribution is 2.24. The van der Waals surface area contributed by atoms with Crippen LogP contribution in [0.3, 0.4) is 0 Å². The fraction of sp³-hybridized carbons (Fsp3) is 0.417. The second-order valence-electron chi connectivity index (χ2n) is 3.90. The van der Waals surface area contributed by atoms with Gasteiger partial charge in [-0.05, 0) is 37.1 Å². The molecule has 0 heterocycles. The molecular formula is C12H17BrN2O2. The van der Waals surface area contributed by atoms with Crippen molar-refractivity contribution in [2.24, 2.45) is 5.73 Å². The van der Waals surface area contributed by atoms with Gasteiger partial charge in [0.2, 0.25) is 0 Å². The number of nitrogens with two attached hydrogens (primary N) is 1. The van der Waals surface area contributed by atoms with E-state index in [1.54, 1.807) is 7.05 Å². The van der Waals surface area contributed by atoms with Crippen molar-refractivity contribution in [1.29, 1.82) is 0 Å². The quantitative estimate of drug-likeness (QED) is 0.865. The van der Waals surface area contributed by atoms with Gasteiger partial charge in [0.25, 0.3) is 5.91 Å². The van der Waals surface area contributed by atoms with Crippen LogP contribution in [0.25, 0.3) is 0 Å². The van der Waals surface area contributed by atoms with Gasteiger partial charge in [0.15, 0.2) is 6.61 Å². The van der Waals surface area contributed by atoms with Gasteiger partial charge in [0.1, 0.15) is 5.75 Å². The Morgan fingerprint density at radius 2 is 2.29 bits per heavy atom. The van der Waals surface area contributed by atoms with E-state index in [9.17, 15) is 4.79 Å². The van der Waals surface area contributed by atoms with Crippen LogP contribution >= 0.6 is 15.9 Å². The van der Waals surface area contributed by atoms with Gasteiger partial charge in [-0.25, -0.2) is 0 Å². The van der Waals surface area contributed by atoms with Gasteiger partial charge in [-0.3, -0.25) is 4.79 Å². The van der Waals surface area contributed by atoms with E-state index in [1.807, 2.05) is 25.1 Å². The van der Waals surface area contributed by atoms with Gasteiger partial charge in [0.05, 0.1) is 0 Å². The number of carbonyl (C=O) groups is 1. The maximum Gasteiger partial charge on any atom is 0.257 e. The lowest BCUT2D eigenvalue weighted by atomic mass is 10.1. The molecule has 1 unspecified atom stereocenters. The molecule has 0 saturated heterocycles. The molecular weight excluding hydrogens is 284 g/mol. The van der Waals surface area contributed by atoms with E-state index >= 15 is 0 Å². The largest absolute Gasteiger partial charge is 0.483 e. The van der Waals surface area contributed by atoms with Crippen LogP contribution in [0.4, 0.5) is 0 Å². The molecule has 0 aromatic heterocycles. The van der Waals surface area contributed by atoms with Gasteiger partial charge in [-0.15, -0.1) is 0 Å². The summed E-state index contributed by atoms with van der Waals surface area (Å²) in [4.78, 5) is 11.1. The summed E-state index contributed by atoms with van der Waals surface area (Å²) in [6.07, 6.45) is 0.711. The fourth-order valence-corrected chi connectivity index (χ4v) is 1.82. The Balaban J connectivity index is 2.78. The average Bonchev–Trinajstić information content (AvgIpc) is 2.26. The van der Waals surface area contributed by atoms with Gasteiger partial charge in [0, 0.05) is 17.6 Å². The van der Waals surface area contributed by atoms with Gasteiger partial charge >= 0.3 is 0 Å². The van der Waals surface area contributed by atoms with E-state index in [-0.39, 0.29) is 18.6 Å². The molecule has 5 heteroatoms. The van der Waals surface area contributed by atoms with Crippen LogP contribution in [-0.2, 0) is 11.2 Å². The number of carbonyl (C=O) groups excluding carboxylic acids is 1. The molecule has 94 valence electrons. The molecule has 1 aromatic rings. The lowest BCUT2D eigenvalue weighted by molar-refractivity contribution is -0.122. The number of likely N-dealkylation sites (N-methyl/N-ethyl adjacent to an activating group) is 1. The second-order valence-corrected chi connectivity index (χ2v) is 4.81. The maximum absolute atomic E-state index is 11.1. The Labute approximate surface area is 110 Å². The first-order valence-electron chi connectivity index (χ1n) is 5.40. The summed E-state index contributed by atoms with van der Waals surface area (Å²) in [5.74, 6) is 0.550. The molecule has 0 spiro atoms. The van der Waals surface area contributed by atoms with E-state index in [4.69, 9.17) is 10.5 Å². The summed E-state index contributed by atoms with van der Waals surface area (Å²) in [6.45, 7) is 1.95. The number of hydrogen-bond donors (Lipinski definition) is 2. The maximum atomic E-state index is 11.1. The molecule has 1 aromatic carbocycles. The third-order valence-corrected chi connectivity index (χ3v) is 2.70. The topological polar surface area (TPSA) is 64.3 Å². The van der Waals surface area contributed by atoms with Crippen LogP contribution in [0.15, 0.2) is 22.7 Å². The Hall–Kier alpha value is -1.07. The van der Waals surface area contributed by atoms with E-state index in [0.717, 1.165) is 10.0 Å². The summed E-state index contributed by atoms with van der Waals surface area (Å²) in [7, 11) is 1.58. The number of hydrogen-bond acceptors (Lipinski definition) is 3. The van der Waals surface area contributed by atoms with Crippen LogP contribution in [0.5, 0.6) is 5.75 Å². The van der Waals surface area contributed by atoms with Crippen molar-refractivity contribution in [3.63, 3.8) is 0 Å². The highest BCUT2D eigenvalue weighted by molar-refractivity contribution is 9.10. The number of nitrogens with one attached hydrogen (secondary N) is 1. The number of ether oxygens (including phenoxy) is 1. The summed E-state index contributed by atoms with van der Waals surface area (Å²) in [5.41, 5.74) is 6.77. The van der Waals surface area contributed by atoms with Crippen LogP contribution in [0.2, 0.25) is 0 Å². The van der Waals surface area contributed by atoms with Crippen molar-refractivity contribution >= 4 is 21.8 Å². The Morgan fingerprint density at radius 1 is 1.59 bits per heavy atom. The summed E-state index contributed by atoms with van der Waals surface area (Å²) in [6, 6.07) is 5.73. The first-order chi connectivity index (χ1) is 8.02. The van der Waals surface area contributed by atoms with E-state index < -0.39 is 0 Å². The minimum atomic E-state index is -0.153. The van der Waals surface area contributed by atoms with E-state index in [2.05, 4.69) is 21.2 Å². The lowest BCUT2D eigenvalue weighted by Crippen LogP contribution is -2.25. The first kappa shape index (κ1) is 14.0. The van der Waals surface area contributed by atoms with Crippen LogP contribution in [-0.4, -0.2) is 25.6 Å².